The molecular formula is C16H24FNO. The summed E-state index contributed by atoms with van der Waals surface area (Å²) < 4.78 is 13.7. The van der Waals surface area contributed by atoms with Crippen LogP contribution < -0.4 is 4.90 Å². The molecule has 106 valence electrons. The van der Waals surface area contributed by atoms with Gasteiger partial charge in [0.1, 0.15) is 5.82 Å². The molecule has 1 aliphatic rings. The van der Waals surface area contributed by atoms with Gasteiger partial charge in [0.05, 0.1) is 6.10 Å². The van der Waals surface area contributed by atoms with Gasteiger partial charge in [0, 0.05) is 23.8 Å². The smallest absolute Gasteiger partial charge is 0.126 e. The molecule has 0 aliphatic carbocycles. The van der Waals surface area contributed by atoms with Gasteiger partial charge in [-0.3, -0.25) is 0 Å². The van der Waals surface area contributed by atoms with Crippen molar-refractivity contribution in [2.45, 2.75) is 58.6 Å². The van der Waals surface area contributed by atoms with Gasteiger partial charge in [-0.1, -0.05) is 6.92 Å². The Hall–Kier alpha value is -1.09. The molecule has 1 unspecified atom stereocenters. The molecule has 3 heteroatoms. The maximum Gasteiger partial charge on any atom is 0.126 e. The Morgan fingerprint density at radius 3 is 2.79 bits per heavy atom. The van der Waals surface area contributed by atoms with Crippen molar-refractivity contribution in [3.63, 3.8) is 0 Å². The zero-order valence-electron chi connectivity index (χ0n) is 12.1. The molecule has 1 aliphatic heterocycles. The van der Waals surface area contributed by atoms with Crippen molar-refractivity contribution in [1.29, 1.82) is 0 Å². The van der Waals surface area contributed by atoms with Crippen LogP contribution >= 0.6 is 0 Å². The third-order valence-electron chi connectivity index (χ3n) is 4.17. The lowest BCUT2D eigenvalue weighted by Crippen LogP contribution is -2.39. The summed E-state index contributed by atoms with van der Waals surface area (Å²) in [5.74, 6) is -0.232. The fourth-order valence-electron chi connectivity index (χ4n) is 3.01. The summed E-state index contributed by atoms with van der Waals surface area (Å²) in [5, 5.41) is 9.92. The highest BCUT2D eigenvalue weighted by molar-refractivity contribution is 5.57. The first-order valence-electron chi connectivity index (χ1n) is 7.29. The molecule has 0 aromatic heterocycles. The van der Waals surface area contributed by atoms with E-state index in [4.69, 9.17) is 0 Å². The van der Waals surface area contributed by atoms with Crippen LogP contribution in [0.4, 0.5) is 10.1 Å². The molecule has 2 nitrogen and oxygen atoms in total. The van der Waals surface area contributed by atoms with E-state index in [-0.39, 0.29) is 5.82 Å². The Morgan fingerprint density at radius 1 is 1.42 bits per heavy atom. The van der Waals surface area contributed by atoms with Gasteiger partial charge >= 0.3 is 0 Å². The molecular weight excluding hydrogens is 241 g/mol. The second-order valence-electron chi connectivity index (χ2n) is 5.59. The number of benzene rings is 1. The van der Waals surface area contributed by atoms with Gasteiger partial charge in [0.25, 0.3) is 0 Å². The third kappa shape index (κ3) is 2.92. The summed E-state index contributed by atoms with van der Waals surface area (Å²) in [5.41, 5.74) is 2.38. The van der Waals surface area contributed by atoms with Crippen molar-refractivity contribution in [3.05, 3.63) is 29.1 Å². The maximum absolute atomic E-state index is 13.7. The molecule has 0 saturated carbocycles. The molecule has 2 atom stereocenters. The highest BCUT2D eigenvalue weighted by Gasteiger charge is 2.25. The van der Waals surface area contributed by atoms with E-state index in [0.717, 1.165) is 18.7 Å². The van der Waals surface area contributed by atoms with E-state index in [1.54, 1.807) is 13.8 Å². The number of rotatable bonds is 3. The van der Waals surface area contributed by atoms with Crippen molar-refractivity contribution < 1.29 is 9.50 Å². The molecule has 1 saturated heterocycles. The van der Waals surface area contributed by atoms with Gasteiger partial charge in [0.15, 0.2) is 0 Å². The number of aliphatic hydroxyl groups is 1. The summed E-state index contributed by atoms with van der Waals surface area (Å²) in [6.45, 7) is 6.69. The second kappa shape index (κ2) is 5.91. The molecule has 0 bridgehead atoms. The first-order valence-corrected chi connectivity index (χ1v) is 7.29. The minimum Gasteiger partial charge on any atom is -0.389 e. The summed E-state index contributed by atoms with van der Waals surface area (Å²) >= 11 is 0. The molecule has 1 N–H and O–H groups in total. The van der Waals surface area contributed by atoms with E-state index < -0.39 is 6.10 Å². The minimum absolute atomic E-state index is 0.232. The topological polar surface area (TPSA) is 23.5 Å². The molecule has 0 spiro atoms. The Kier molecular flexibility index (Phi) is 4.46. The molecule has 2 rings (SSSR count). The van der Waals surface area contributed by atoms with Crippen molar-refractivity contribution in [3.8, 4) is 0 Å². The molecule has 1 aromatic rings. The fourth-order valence-corrected chi connectivity index (χ4v) is 3.01. The lowest BCUT2D eigenvalue weighted by molar-refractivity contribution is 0.198. The van der Waals surface area contributed by atoms with Crippen LogP contribution in [0, 0.1) is 12.7 Å². The number of anilines is 1. The molecule has 1 aromatic carbocycles. The largest absolute Gasteiger partial charge is 0.389 e. The third-order valence-corrected chi connectivity index (χ3v) is 4.17. The number of halogens is 1. The van der Waals surface area contributed by atoms with E-state index in [1.165, 1.54) is 25.3 Å². The highest BCUT2D eigenvalue weighted by Crippen LogP contribution is 2.34. The number of nitrogens with zero attached hydrogens (tertiary/aromatic N) is 1. The quantitative estimate of drug-likeness (QED) is 0.894. The van der Waals surface area contributed by atoms with E-state index in [1.807, 2.05) is 6.07 Å². The van der Waals surface area contributed by atoms with Gasteiger partial charge in [0.2, 0.25) is 0 Å². The van der Waals surface area contributed by atoms with Crippen molar-refractivity contribution in [2.75, 3.05) is 11.4 Å². The lowest BCUT2D eigenvalue weighted by Gasteiger charge is -2.39. The zero-order valence-corrected chi connectivity index (χ0v) is 12.1. The Balaban J connectivity index is 2.44. The van der Waals surface area contributed by atoms with Gasteiger partial charge in [-0.2, -0.15) is 0 Å². The predicted octanol–water partition coefficient (Wildman–Crippen LogP) is 3.96. The van der Waals surface area contributed by atoms with Gasteiger partial charge in [-0.25, -0.2) is 4.39 Å². The van der Waals surface area contributed by atoms with Crippen LogP contribution in [-0.2, 0) is 0 Å². The summed E-state index contributed by atoms with van der Waals surface area (Å²) in [4.78, 5) is 2.36. The first kappa shape index (κ1) is 14.3. The van der Waals surface area contributed by atoms with Gasteiger partial charge in [-0.15, -0.1) is 0 Å². The monoisotopic (exact) mass is 265 g/mol. The predicted molar refractivity (Wildman–Crippen MR) is 77.0 cm³/mol. The molecule has 1 fully saturated rings. The van der Waals surface area contributed by atoms with Crippen LogP contribution in [-0.4, -0.2) is 17.7 Å². The number of piperidine rings is 1. The Morgan fingerprint density at radius 2 is 2.16 bits per heavy atom. The van der Waals surface area contributed by atoms with Crippen LogP contribution in [0.1, 0.15) is 56.8 Å². The SMILES string of the molecule is CCC1CCCCN1c1cc(C)c(F)cc1[C@@H](C)O. The zero-order chi connectivity index (χ0) is 14.0. The Bertz CT molecular complexity index is 445. The first-order chi connectivity index (χ1) is 9.04. The van der Waals surface area contributed by atoms with Crippen molar-refractivity contribution in [1.82, 2.24) is 0 Å². The van der Waals surface area contributed by atoms with Gasteiger partial charge < -0.3 is 10.0 Å². The van der Waals surface area contributed by atoms with Crippen LogP contribution in [0.5, 0.6) is 0 Å². The van der Waals surface area contributed by atoms with Crippen LogP contribution in [0.3, 0.4) is 0 Å². The average molecular weight is 265 g/mol. The van der Waals surface area contributed by atoms with Crippen molar-refractivity contribution >= 4 is 5.69 Å². The van der Waals surface area contributed by atoms with Crippen LogP contribution in [0.15, 0.2) is 12.1 Å². The maximum atomic E-state index is 13.7. The van der Waals surface area contributed by atoms with E-state index >= 15 is 0 Å². The van der Waals surface area contributed by atoms with E-state index in [2.05, 4.69) is 11.8 Å². The summed E-state index contributed by atoms with van der Waals surface area (Å²) in [7, 11) is 0. The van der Waals surface area contributed by atoms with Crippen LogP contribution in [0.2, 0.25) is 0 Å². The fraction of sp³-hybridized carbons (Fsp3) is 0.625. The van der Waals surface area contributed by atoms with Crippen LogP contribution in [0.25, 0.3) is 0 Å². The van der Waals surface area contributed by atoms with E-state index in [0.29, 0.717) is 17.2 Å². The molecule has 0 amide bonds. The minimum atomic E-state index is -0.635. The molecule has 19 heavy (non-hydrogen) atoms. The summed E-state index contributed by atoms with van der Waals surface area (Å²) in [6.07, 6.45) is 4.08. The van der Waals surface area contributed by atoms with Crippen molar-refractivity contribution in [2.24, 2.45) is 0 Å². The normalized spacial score (nSPS) is 21.5. The number of aryl methyl sites for hydroxylation is 1. The van der Waals surface area contributed by atoms with E-state index in [9.17, 15) is 9.50 Å². The second-order valence-corrected chi connectivity index (χ2v) is 5.59. The number of hydrogen-bond donors (Lipinski definition) is 1. The average Bonchev–Trinajstić information content (AvgIpc) is 2.41. The highest BCUT2D eigenvalue weighted by atomic mass is 19.1. The van der Waals surface area contributed by atoms with Gasteiger partial charge in [-0.05, 0) is 57.2 Å². The lowest BCUT2D eigenvalue weighted by atomic mass is 9.96. The molecule has 1 heterocycles. The summed E-state index contributed by atoms with van der Waals surface area (Å²) in [6, 6.07) is 3.90. The number of aliphatic hydroxyl groups excluding tert-OH is 1. The number of hydrogen-bond acceptors (Lipinski definition) is 2. The standard InChI is InChI=1S/C16H24FNO/c1-4-13-7-5-6-8-18(13)16-9-11(2)15(17)10-14(16)12(3)19/h9-10,12-13,19H,4-8H2,1-3H3/t12-,13?/m1/s1. The Labute approximate surface area is 115 Å². The molecule has 0 radical (unpaired) electrons.